The van der Waals surface area contributed by atoms with Crippen LogP contribution in [-0.4, -0.2) is 25.5 Å². The summed E-state index contributed by atoms with van der Waals surface area (Å²) in [6.45, 7) is 2.57. The van der Waals surface area contributed by atoms with Crippen molar-refractivity contribution in [2.24, 2.45) is 0 Å². The Labute approximate surface area is 181 Å². The quantitative estimate of drug-likeness (QED) is 0.600. The Hall–Kier alpha value is -3.86. The van der Waals surface area contributed by atoms with E-state index in [2.05, 4.69) is 6.07 Å². The van der Waals surface area contributed by atoms with Gasteiger partial charge in [-0.15, -0.1) is 0 Å². The van der Waals surface area contributed by atoms with E-state index in [0.29, 0.717) is 34.8 Å². The fraction of sp³-hybridized carbons (Fsp3) is 0.154. The van der Waals surface area contributed by atoms with Crippen LogP contribution in [0.2, 0.25) is 0 Å². The molecule has 0 fully saturated rings. The molecule has 3 aromatic rings. The molecule has 2 aliphatic rings. The van der Waals surface area contributed by atoms with Crippen molar-refractivity contribution in [1.29, 1.82) is 0 Å². The first-order valence-electron chi connectivity index (χ1n) is 10.3. The summed E-state index contributed by atoms with van der Waals surface area (Å²) in [7, 11) is 1.60. The van der Waals surface area contributed by atoms with Crippen LogP contribution in [-0.2, 0) is 16.0 Å². The SMILES string of the molecule is COc1ccc(C2=C(N3CCc4ccccc43)C(=O)N(c3ccccc3C)C2=O)cc1. The van der Waals surface area contributed by atoms with Gasteiger partial charge in [0.15, 0.2) is 0 Å². The second-order valence-electron chi connectivity index (χ2n) is 7.71. The molecule has 2 aliphatic heterocycles. The van der Waals surface area contributed by atoms with Crippen molar-refractivity contribution in [1.82, 2.24) is 0 Å². The monoisotopic (exact) mass is 410 g/mol. The van der Waals surface area contributed by atoms with E-state index in [9.17, 15) is 9.59 Å². The highest BCUT2D eigenvalue weighted by Crippen LogP contribution is 2.40. The summed E-state index contributed by atoms with van der Waals surface area (Å²) >= 11 is 0. The van der Waals surface area contributed by atoms with E-state index in [1.807, 2.05) is 78.6 Å². The fourth-order valence-electron chi connectivity index (χ4n) is 4.39. The average molecular weight is 410 g/mol. The molecule has 5 nitrogen and oxygen atoms in total. The third-order valence-electron chi connectivity index (χ3n) is 5.95. The van der Waals surface area contributed by atoms with Crippen molar-refractivity contribution in [3.8, 4) is 5.75 Å². The molecule has 0 radical (unpaired) electrons. The summed E-state index contributed by atoms with van der Waals surface area (Å²) in [5, 5.41) is 0. The van der Waals surface area contributed by atoms with Crippen molar-refractivity contribution >= 4 is 28.8 Å². The summed E-state index contributed by atoms with van der Waals surface area (Å²) in [4.78, 5) is 30.7. The van der Waals surface area contributed by atoms with Gasteiger partial charge in [-0.05, 0) is 54.3 Å². The molecule has 0 spiro atoms. The van der Waals surface area contributed by atoms with E-state index in [1.54, 1.807) is 7.11 Å². The Morgan fingerprint density at radius 1 is 0.806 bits per heavy atom. The van der Waals surface area contributed by atoms with E-state index in [4.69, 9.17) is 4.74 Å². The fourth-order valence-corrected chi connectivity index (χ4v) is 4.39. The number of carbonyl (C=O) groups is 2. The Bertz CT molecular complexity index is 1230. The van der Waals surface area contributed by atoms with Crippen molar-refractivity contribution in [3.63, 3.8) is 0 Å². The smallest absolute Gasteiger partial charge is 0.282 e. The van der Waals surface area contributed by atoms with Gasteiger partial charge in [0.25, 0.3) is 11.8 Å². The molecular formula is C26H22N2O3. The number of aryl methyl sites for hydroxylation is 1. The third kappa shape index (κ3) is 3.01. The predicted octanol–water partition coefficient (Wildman–Crippen LogP) is 4.35. The number of benzene rings is 3. The Morgan fingerprint density at radius 2 is 1.48 bits per heavy atom. The minimum atomic E-state index is -0.302. The number of rotatable bonds is 4. The van der Waals surface area contributed by atoms with Gasteiger partial charge < -0.3 is 9.64 Å². The largest absolute Gasteiger partial charge is 0.497 e. The Kier molecular flexibility index (Phi) is 4.59. The van der Waals surface area contributed by atoms with Gasteiger partial charge in [0, 0.05) is 12.2 Å². The number of methoxy groups -OCH3 is 1. The molecule has 0 unspecified atom stereocenters. The lowest BCUT2D eigenvalue weighted by molar-refractivity contribution is -0.120. The number of anilines is 2. The van der Waals surface area contributed by atoms with E-state index in [1.165, 1.54) is 10.5 Å². The summed E-state index contributed by atoms with van der Waals surface area (Å²) < 4.78 is 5.27. The van der Waals surface area contributed by atoms with Crippen LogP contribution in [0, 0.1) is 6.92 Å². The van der Waals surface area contributed by atoms with Crippen LogP contribution < -0.4 is 14.5 Å². The molecule has 0 N–H and O–H groups in total. The molecular weight excluding hydrogens is 388 g/mol. The number of fused-ring (bicyclic) bond motifs is 1. The minimum absolute atomic E-state index is 0.290. The lowest BCUT2D eigenvalue weighted by Crippen LogP contribution is -2.35. The molecule has 154 valence electrons. The number of carbonyl (C=O) groups excluding carboxylic acids is 2. The van der Waals surface area contributed by atoms with Crippen molar-refractivity contribution in [2.45, 2.75) is 13.3 Å². The molecule has 5 heteroatoms. The van der Waals surface area contributed by atoms with Crippen molar-refractivity contribution < 1.29 is 14.3 Å². The normalized spacial score (nSPS) is 15.7. The maximum atomic E-state index is 13.8. The summed E-state index contributed by atoms with van der Waals surface area (Å²) in [6, 6.07) is 22.8. The standard InChI is InChI=1S/C26H22N2O3/c1-17-7-3-5-9-21(17)28-25(29)23(19-11-13-20(31-2)14-12-19)24(26(28)30)27-16-15-18-8-4-6-10-22(18)27/h3-14H,15-16H2,1-2H3. The zero-order chi connectivity index (χ0) is 21.5. The summed E-state index contributed by atoms with van der Waals surface area (Å²) in [5.41, 5.74) is 5.22. The Morgan fingerprint density at radius 3 is 2.19 bits per heavy atom. The van der Waals surface area contributed by atoms with Crippen molar-refractivity contribution in [2.75, 3.05) is 23.5 Å². The van der Waals surface area contributed by atoms with Crippen LogP contribution >= 0.6 is 0 Å². The molecule has 0 aromatic heterocycles. The van der Waals surface area contributed by atoms with Crippen LogP contribution in [0.5, 0.6) is 5.75 Å². The molecule has 0 aliphatic carbocycles. The van der Waals surface area contributed by atoms with E-state index < -0.39 is 0 Å². The first-order valence-corrected chi connectivity index (χ1v) is 10.3. The third-order valence-corrected chi connectivity index (χ3v) is 5.95. The number of hydrogen-bond donors (Lipinski definition) is 0. The number of hydrogen-bond acceptors (Lipinski definition) is 4. The number of imide groups is 1. The highest BCUT2D eigenvalue weighted by molar-refractivity contribution is 6.46. The lowest BCUT2D eigenvalue weighted by Gasteiger charge is -2.22. The molecule has 31 heavy (non-hydrogen) atoms. The van der Waals surface area contributed by atoms with Crippen LogP contribution in [0.4, 0.5) is 11.4 Å². The zero-order valence-electron chi connectivity index (χ0n) is 17.5. The summed E-state index contributed by atoms with van der Waals surface area (Å²) in [5.74, 6) is 0.107. The first-order chi connectivity index (χ1) is 15.1. The van der Waals surface area contributed by atoms with Crippen LogP contribution in [0.1, 0.15) is 16.7 Å². The van der Waals surface area contributed by atoms with Gasteiger partial charge in [0.05, 0.1) is 18.4 Å². The van der Waals surface area contributed by atoms with E-state index in [-0.39, 0.29) is 11.8 Å². The number of amides is 2. The molecule has 0 saturated heterocycles. The lowest BCUT2D eigenvalue weighted by atomic mass is 10.0. The number of nitrogens with zero attached hydrogens (tertiary/aromatic N) is 2. The minimum Gasteiger partial charge on any atom is -0.497 e. The van der Waals surface area contributed by atoms with Gasteiger partial charge in [0.2, 0.25) is 0 Å². The number of para-hydroxylation sites is 2. The average Bonchev–Trinajstić information content (AvgIpc) is 3.32. The van der Waals surface area contributed by atoms with E-state index >= 15 is 0 Å². The molecule has 0 saturated carbocycles. The topological polar surface area (TPSA) is 49.9 Å². The second kappa shape index (κ2) is 7.43. The molecule has 2 heterocycles. The van der Waals surface area contributed by atoms with Gasteiger partial charge in [0.1, 0.15) is 11.4 Å². The maximum absolute atomic E-state index is 13.8. The molecule has 3 aromatic carbocycles. The molecule has 0 bridgehead atoms. The highest BCUT2D eigenvalue weighted by Gasteiger charge is 2.44. The van der Waals surface area contributed by atoms with Crippen LogP contribution in [0.3, 0.4) is 0 Å². The zero-order valence-corrected chi connectivity index (χ0v) is 17.5. The molecule has 2 amide bonds. The molecule has 5 rings (SSSR count). The van der Waals surface area contributed by atoms with Gasteiger partial charge in [-0.2, -0.15) is 0 Å². The number of ether oxygens (including phenoxy) is 1. The van der Waals surface area contributed by atoms with E-state index in [0.717, 1.165) is 17.7 Å². The summed E-state index contributed by atoms with van der Waals surface area (Å²) in [6.07, 6.45) is 0.835. The molecule has 0 atom stereocenters. The van der Waals surface area contributed by atoms with Gasteiger partial charge in [-0.25, -0.2) is 4.90 Å². The highest BCUT2D eigenvalue weighted by atomic mass is 16.5. The van der Waals surface area contributed by atoms with Crippen LogP contribution in [0.25, 0.3) is 5.57 Å². The van der Waals surface area contributed by atoms with Crippen molar-refractivity contribution in [3.05, 3.63) is 95.2 Å². The Balaban J connectivity index is 1.69. The predicted molar refractivity (Wildman–Crippen MR) is 121 cm³/mol. The van der Waals surface area contributed by atoms with Gasteiger partial charge >= 0.3 is 0 Å². The van der Waals surface area contributed by atoms with Gasteiger partial charge in [-0.1, -0.05) is 48.5 Å². The van der Waals surface area contributed by atoms with Crippen LogP contribution in [0.15, 0.2) is 78.5 Å². The van der Waals surface area contributed by atoms with Gasteiger partial charge in [-0.3, -0.25) is 9.59 Å². The second-order valence-corrected chi connectivity index (χ2v) is 7.71. The maximum Gasteiger partial charge on any atom is 0.282 e. The first kappa shape index (κ1) is 19.1.